The van der Waals surface area contributed by atoms with E-state index >= 15 is 0 Å². The lowest BCUT2D eigenvalue weighted by molar-refractivity contribution is 0.347. The average molecular weight is 183 g/mol. The van der Waals surface area contributed by atoms with Crippen molar-refractivity contribution < 1.29 is 4.52 Å². The number of nitrogen functional groups attached to an aromatic ring is 1. The minimum Gasteiger partial charge on any atom is -0.394 e. The number of anilines is 1. The van der Waals surface area contributed by atoms with Gasteiger partial charge in [0.15, 0.2) is 5.76 Å². The quantitative estimate of drug-likeness (QED) is 0.754. The van der Waals surface area contributed by atoms with Gasteiger partial charge in [0.05, 0.1) is 5.69 Å². The highest BCUT2D eigenvalue weighted by atomic mass is 16.5. The minimum absolute atomic E-state index is 0.726. The molecule has 0 radical (unpaired) electrons. The summed E-state index contributed by atoms with van der Waals surface area (Å²) in [5, 5.41) is 3.89. The van der Waals surface area contributed by atoms with E-state index in [4.69, 9.17) is 10.3 Å². The van der Waals surface area contributed by atoms with E-state index in [1.807, 2.05) is 21.0 Å². The smallest absolute Gasteiger partial charge is 0.161 e. The zero-order chi connectivity index (χ0) is 9.84. The summed E-state index contributed by atoms with van der Waals surface area (Å²) in [7, 11) is 4.04. The molecular formula is C9H17N3O. The summed E-state index contributed by atoms with van der Waals surface area (Å²) in [6.07, 6.45) is 1.66. The SMILES string of the molecule is CCc1noc(CCN(C)C)c1N. The molecule has 1 heterocycles. The van der Waals surface area contributed by atoms with Crippen LogP contribution in [0.2, 0.25) is 0 Å². The van der Waals surface area contributed by atoms with Gasteiger partial charge in [-0.15, -0.1) is 0 Å². The molecule has 13 heavy (non-hydrogen) atoms. The van der Waals surface area contributed by atoms with Gasteiger partial charge in [-0.25, -0.2) is 0 Å². The predicted octanol–water partition coefficient (Wildman–Crippen LogP) is 0.923. The number of likely N-dealkylation sites (N-methyl/N-ethyl adjacent to an activating group) is 1. The Hall–Kier alpha value is -1.03. The van der Waals surface area contributed by atoms with Gasteiger partial charge in [-0.2, -0.15) is 0 Å². The van der Waals surface area contributed by atoms with Gasteiger partial charge < -0.3 is 15.2 Å². The van der Waals surface area contributed by atoms with E-state index in [0.717, 1.165) is 36.5 Å². The molecule has 4 nitrogen and oxygen atoms in total. The average Bonchev–Trinajstić information content (AvgIpc) is 2.43. The molecule has 0 spiro atoms. The monoisotopic (exact) mass is 183 g/mol. The number of hydrogen-bond acceptors (Lipinski definition) is 4. The normalized spacial score (nSPS) is 11.1. The Morgan fingerprint density at radius 3 is 2.62 bits per heavy atom. The molecule has 0 atom stereocenters. The molecule has 0 fully saturated rings. The first-order chi connectivity index (χ1) is 6.15. The summed E-state index contributed by atoms with van der Waals surface area (Å²) in [5.74, 6) is 0.811. The van der Waals surface area contributed by atoms with Crippen LogP contribution in [0.1, 0.15) is 18.4 Å². The number of hydrogen-bond donors (Lipinski definition) is 1. The predicted molar refractivity (Wildman–Crippen MR) is 52.6 cm³/mol. The Balaban J connectivity index is 2.62. The molecule has 74 valence electrons. The van der Waals surface area contributed by atoms with Crippen LogP contribution in [-0.2, 0) is 12.8 Å². The Morgan fingerprint density at radius 2 is 2.15 bits per heavy atom. The van der Waals surface area contributed by atoms with Crippen LogP contribution in [0, 0.1) is 0 Å². The van der Waals surface area contributed by atoms with Crippen molar-refractivity contribution >= 4 is 5.69 Å². The standard InChI is InChI=1S/C9H17N3O/c1-4-7-9(10)8(13-11-7)5-6-12(2)3/h4-6,10H2,1-3H3. The maximum absolute atomic E-state index is 5.83. The van der Waals surface area contributed by atoms with Crippen LogP contribution in [0.3, 0.4) is 0 Å². The van der Waals surface area contributed by atoms with Crippen molar-refractivity contribution in [1.29, 1.82) is 0 Å². The third-order valence-corrected chi connectivity index (χ3v) is 2.00. The van der Waals surface area contributed by atoms with Gasteiger partial charge >= 0.3 is 0 Å². The Kier molecular flexibility index (Phi) is 3.31. The van der Waals surface area contributed by atoms with Crippen LogP contribution >= 0.6 is 0 Å². The third-order valence-electron chi connectivity index (χ3n) is 2.00. The highest BCUT2D eigenvalue weighted by molar-refractivity contribution is 5.46. The largest absolute Gasteiger partial charge is 0.394 e. The van der Waals surface area contributed by atoms with Crippen LogP contribution in [0.4, 0.5) is 5.69 Å². The summed E-state index contributed by atoms with van der Waals surface area (Å²) < 4.78 is 5.14. The number of aromatic nitrogens is 1. The van der Waals surface area contributed by atoms with Gasteiger partial charge in [0.25, 0.3) is 0 Å². The first-order valence-corrected chi connectivity index (χ1v) is 4.52. The zero-order valence-electron chi connectivity index (χ0n) is 8.50. The second kappa shape index (κ2) is 4.28. The summed E-state index contributed by atoms with van der Waals surface area (Å²) >= 11 is 0. The Bertz CT molecular complexity index is 268. The Labute approximate surface area is 78.7 Å². The fourth-order valence-corrected chi connectivity index (χ4v) is 1.13. The molecule has 2 N–H and O–H groups in total. The van der Waals surface area contributed by atoms with Crippen molar-refractivity contribution in [2.24, 2.45) is 0 Å². The number of nitrogens with two attached hydrogens (primary N) is 1. The fourth-order valence-electron chi connectivity index (χ4n) is 1.13. The first kappa shape index (κ1) is 10.1. The third kappa shape index (κ3) is 2.45. The molecule has 4 heteroatoms. The summed E-state index contributed by atoms with van der Waals surface area (Å²) in [4.78, 5) is 2.09. The fraction of sp³-hybridized carbons (Fsp3) is 0.667. The summed E-state index contributed by atoms with van der Waals surface area (Å²) in [5.41, 5.74) is 7.42. The van der Waals surface area contributed by atoms with E-state index in [1.165, 1.54) is 0 Å². The highest BCUT2D eigenvalue weighted by Gasteiger charge is 2.10. The van der Waals surface area contributed by atoms with Crippen LogP contribution in [0.15, 0.2) is 4.52 Å². The molecule has 0 aliphatic rings. The van der Waals surface area contributed by atoms with Gasteiger partial charge in [0.2, 0.25) is 0 Å². The zero-order valence-corrected chi connectivity index (χ0v) is 8.50. The van der Waals surface area contributed by atoms with Gasteiger partial charge in [-0.3, -0.25) is 0 Å². The molecule has 1 aromatic rings. The lowest BCUT2D eigenvalue weighted by Gasteiger charge is -2.06. The van der Waals surface area contributed by atoms with Crippen LogP contribution < -0.4 is 5.73 Å². The van der Waals surface area contributed by atoms with Crippen molar-refractivity contribution in [2.45, 2.75) is 19.8 Å². The lowest BCUT2D eigenvalue weighted by atomic mass is 10.2. The molecule has 0 aliphatic heterocycles. The van der Waals surface area contributed by atoms with E-state index in [1.54, 1.807) is 0 Å². The second-order valence-electron chi connectivity index (χ2n) is 3.37. The number of rotatable bonds is 4. The van der Waals surface area contributed by atoms with Gasteiger partial charge in [0.1, 0.15) is 5.69 Å². The van der Waals surface area contributed by atoms with Gasteiger partial charge in [-0.05, 0) is 20.5 Å². The molecule has 0 saturated carbocycles. The first-order valence-electron chi connectivity index (χ1n) is 4.52. The van der Waals surface area contributed by atoms with Crippen LogP contribution in [-0.4, -0.2) is 30.7 Å². The molecule has 0 aliphatic carbocycles. The van der Waals surface area contributed by atoms with E-state index < -0.39 is 0 Å². The van der Waals surface area contributed by atoms with E-state index in [2.05, 4.69) is 10.1 Å². The molecule has 1 rings (SSSR count). The molecule has 0 amide bonds. The van der Waals surface area contributed by atoms with E-state index in [0.29, 0.717) is 0 Å². The van der Waals surface area contributed by atoms with Crippen molar-refractivity contribution in [3.8, 4) is 0 Å². The van der Waals surface area contributed by atoms with E-state index in [9.17, 15) is 0 Å². The number of aryl methyl sites for hydroxylation is 1. The summed E-state index contributed by atoms with van der Waals surface area (Å²) in [6.45, 7) is 2.95. The topological polar surface area (TPSA) is 55.3 Å². The second-order valence-corrected chi connectivity index (χ2v) is 3.37. The van der Waals surface area contributed by atoms with Crippen molar-refractivity contribution in [2.75, 3.05) is 26.4 Å². The summed E-state index contributed by atoms with van der Waals surface area (Å²) in [6, 6.07) is 0. The Morgan fingerprint density at radius 1 is 1.46 bits per heavy atom. The maximum Gasteiger partial charge on any atom is 0.161 e. The van der Waals surface area contributed by atoms with Crippen molar-refractivity contribution in [3.63, 3.8) is 0 Å². The van der Waals surface area contributed by atoms with E-state index in [-0.39, 0.29) is 0 Å². The maximum atomic E-state index is 5.83. The molecule has 0 saturated heterocycles. The molecule has 1 aromatic heterocycles. The molecule has 0 aromatic carbocycles. The van der Waals surface area contributed by atoms with Crippen LogP contribution in [0.5, 0.6) is 0 Å². The molecule has 0 unspecified atom stereocenters. The number of nitrogens with zero attached hydrogens (tertiary/aromatic N) is 2. The van der Waals surface area contributed by atoms with Crippen molar-refractivity contribution in [1.82, 2.24) is 10.1 Å². The van der Waals surface area contributed by atoms with Crippen molar-refractivity contribution in [3.05, 3.63) is 11.5 Å². The molecule has 0 bridgehead atoms. The highest BCUT2D eigenvalue weighted by Crippen LogP contribution is 2.17. The van der Waals surface area contributed by atoms with Gasteiger partial charge in [-0.1, -0.05) is 12.1 Å². The van der Waals surface area contributed by atoms with Gasteiger partial charge in [0, 0.05) is 13.0 Å². The molecular weight excluding hydrogens is 166 g/mol. The van der Waals surface area contributed by atoms with Crippen LogP contribution in [0.25, 0.3) is 0 Å². The minimum atomic E-state index is 0.726. The lowest BCUT2D eigenvalue weighted by Crippen LogP contribution is -2.15.